The van der Waals surface area contributed by atoms with E-state index in [1.807, 2.05) is 34.3 Å². The molecule has 1 N–H and O–H groups in total. The van der Waals surface area contributed by atoms with Crippen molar-refractivity contribution in [3.05, 3.63) is 54.5 Å². The Bertz CT molecular complexity index is 1020. The highest BCUT2D eigenvalue weighted by molar-refractivity contribution is 5.79. The quantitative estimate of drug-likeness (QED) is 0.672. The third kappa shape index (κ3) is 5.64. The highest BCUT2D eigenvalue weighted by Crippen LogP contribution is 2.35. The summed E-state index contributed by atoms with van der Waals surface area (Å²) in [5.74, 6) is 0.601. The number of ether oxygens (including phenoxy) is 1. The van der Waals surface area contributed by atoms with Gasteiger partial charge in [-0.3, -0.25) is 9.80 Å². The number of piperidine rings is 1. The minimum atomic E-state index is -0.832. The molecule has 186 valence electrons. The zero-order valence-electron chi connectivity index (χ0n) is 19.9. The first-order valence-electron chi connectivity index (χ1n) is 12.7. The van der Waals surface area contributed by atoms with Crippen LogP contribution in [0.1, 0.15) is 51.4 Å². The van der Waals surface area contributed by atoms with Crippen LogP contribution in [0.2, 0.25) is 0 Å². The van der Waals surface area contributed by atoms with E-state index >= 15 is 0 Å². The third-order valence-electron chi connectivity index (χ3n) is 7.59. The van der Waals surface area contributed by atoms with Crippen molar-refractivity contribution in [1.29, 1.82) is 0 Å². The summed E-state index contributed by atoms with van der Waals surface area (Å²) in [6.07, 6.45) is 9.47. The molecule has 8 heteroatoms. The van der Waals surface area contributed by atoms with E-state index in [2.05, 4.69) is 10.1 Å². The van der Waals surface area contributed by atoms with E-state index in [1.54, 1.807) is 18.3 Å². The number of carbonyl (C=O) groups is 1. The number of hydrogen-bond acceptors (Lipinski definition) is 6. The molecule has 1 amide bonds. The second-order valence-corrected chi connectivity index (χ2v) is 10.0. The zero-order valence-corrected chi connectivity index (χ0v) is 19.9. The number of aromatic nitrogens is 1. The average Bonchev–Trinajstić information content (AvgIpc) is 3.33. The molecule has 3 heterocycles. The van der Waals surface area contributed by atoms with E-state index in [1.165, 1.54) is 12.1 Å². The van der Waals surface area contributed by atoms with E-state index < -0.39 is 5.60 Å². The molecule has 2 aliphatic heterocycles. The van der Waals surface area contributed by atoms with Crippen molar-refractivity contribution in [2.75, 3.05) is 18.1 Å². The van der Waals surface area contributed by atoms with Crippen molar-refractivity contribution in [2.45, 2.75) is 69.1 Å². The van der Waals surface area contributed by atoms with Crippen molar-refractivity contribution < 1.29 is 19.0 Å². The molecule has 1 saturated heterocycles. The number of pyridine rings is 1. The fourth-order valence-corrected chi connectivity index (χ4v) is 5.55. The Morgan fingerprint density at radius 2 is 1.83 bits per heavy atom. The Labute approximate surface area is 205 Å². The summed E-state index contributed by atoms with van der Waals surface area (Å²) in [4.78, 5) is 19.3. The second-order valence-electron chi connectivity index (χ2n) is 10.0. The van der Waals surface area contributed by atoms with Gasteiger partial charge in [-0.15, -0.1) is 0 Å². The smallest absolute Gasteiger partial charge is 0.225 e. The lowest BCUT2D eigenvalue weighted by molar-refractivity contribution is -0.141. The van der Waals surface area contributed by atoms with Gasteiger partial charge in [0.05, 0.1) is 17.3 Å². The molecule has 5 rings (SSSR count). The van der Waals surface area contributed by atoms with Crippen molar-refractivity contribution in [1.82, 2.24) is 9.88 Å². The lowest BCUT2D eigenvalue weighted by Crippen LogP contribution is -2.50. The summed E-state index contributed by atoms with van der Waals surface area (Å²) in [6.45, 7) is 1.15. The number of rotatable bonds is 6. The molecule has 3 aliphatic rings. The van der Waals surface area contributed by atoms with Crippen LogP contribution < -0.4 is 9.75 Å². The monoisotopic (exact) mass is 480 g/mol. The highest BCUT2D eigenvalue weighted by Gasteiger charge is 2.40. The first-order chi connectivity index (χ1) is 17.0. The molecule has 2 aromatic rings. The number of likely N-dealkylation sites (tertiary alicyclic amines) is 1. The molecule has 1 aliphatic carbocycles. The Hall–Kier alpha value is -3.00. The SMILES string of the molecule is O=C(C1CCC(Oc2ccccn2)CC1)N1CCC(O)(CC2CC=NN2c2ccc(F)cc2)CC1. The van der Waals surface area contributed by atoms with Crippen molar-refractivity contribution >= 4 is 17.8 Å². The molecule has 0 bridgehead atoms. The lowest BCUT2D eigenvalue weighted by atomic mass is 9.82. The van der Waals surface area contributed by atoms with Crippen molar-refractivity contribution in [3.8, 4) is 5.88 Å². The van der Waals surface area contributed by atoms with Gasteiger partial charge in [-0.05, 0) is 75.3 Å². The van der Waals surface area contributed by atoms with E-state index in [-0.39, 0.29) is 29.8 Å². The molecule has 1 aromatic carbocycles. The van der Waals surface area contributed by atoms with Crippen LogP contribution in [0.3, 0.4) is 0 Å². The van der Waals surface area contributed by atoms with E-state index in [9.17, 15) is 14.3 Å². The molecule has 1 atom stereocenters. The van der Waals surface area contributed by atoms with Crippen LogP contribution in [-0.2, 0) is 4.79 Å². The summed E-state index contributed by atoms with van der Waals surface area (Å²) in [5, 5.41) is 17.6. The van der Waals surface area contributed by atoms with E-state index in [0.29, 0.717) is 38.2 Å². The molecule has 1 unspecified atom stereocenters. The van der Waals surface area contributed by atoms with E-state index in [4.69, 9.17) is 4.74 Å². The Kier molecular flexibility index (Phi) is 7.00. The van der Waals surface area contributed by atoms with Crippen LogP contribution in [0.15, 0.2) is 53.8 Å². The van der Waals surface area contributed by atoms with Gasteiger partial charge in [0.1, 0.15) is 11.9 Å². The van der Waals surface area contributed by atoms with Gasteiger partial charge in [-0.25, -0.2) is 9.37 Å². The standard InChI is InChI=1S/C27H33FN4O3/c28-21-6-8-22(9-7-21)32-23(12-16-30-32)19-27(34)13-17-31(18-14-27)26(33)20-4-10-24(11-5-20)35-25-3-1-2-15-29-25/h1-3,6-9,15-16,20,23-24,34H,4-5,10-14,17-19H2. The fourth-order valence-electron chi connectivity index (χ4n) is 5.55. The first-order valence-corrected chi connectivity index (χ1v) is 12.7. The average molecular weight is 481 g/mol. The van der Waals surface area contributed by atoms with Gasteiger partial charge in [0.15, 0.2) is 0 Å². The second kappa shape index (κ2) is 10.3. The number of amides is 1. The maximum atomic E-state index is 13.3. The molecule has 0 spiro atoms. The topological polar surface area (TPSA) is 78.3 Å². The maximum absolute atomic E-state index is 13.3. The number of benzene rings is 1. The highest BCUT2D eigenvalue weighted by atomic mass is 19.1. The Morgan fingerprint density at radius 1 is 1.09 bits per heavy atom. The third-order valence-corrected chi connectivity index (χ3v) is 7.59. The number of nitrogens with zero attached hydrogens (tertiary/aromatic N) is 4. The van der Waals surface area contributed by atoms with Crippen molar-refractivity contribution in [3.63, 3.8) is 0 Å². The van der Waals surface area contributed by atoms with Gasteiger partial charge in [0.2, 0.25) is 11.8 Å². The van der Waals surface area contributed by atoms with Crippen LogP contribution in [0.4, 0.5) is 10.1 Å². The number of hydrogen-bond donors (Lipinski definition) is 1. The molecule has 1 saturated carbocycles. The minimum absolute atomic E-state index is 0.0296. The normalized spacial score (nSPS) is 26.1. The number of halogens is 1. The molecule has 2 fully saturated rings. The summed E-state index contributed by atoms with van der Waals surface area (Å²) in [7, 11) is 0. The summed E-state index contributed by atoms with van der Waals surface area (Å²) in [6, 6.07) is 12.0. The van der Waals surface area contributed by atoms with Gasteiger partial charge in [0, 0.05) is 43.9 Å². The van der Waals surface area contributed by atoms with Crippen LogP contribution in [0, 0.1) is 11.7 Å². The van der Waals surface area contributed by atoms with Gasteiger partial charge in [-0.1, -0.05) is 6.07 Å². The van der Waals surface area contributed by atoms with Crippen LogP contribution in [0.25, 0.3) is 0 Å². The predicted octanol–water partition coefficient (Wildman–Crippen LogP) is 4.17. The fraction of sp³-hybridized carbons (Fsp3) is 0.519. The van der Waals surface area contributed by atoms with Gasteiger partial charge in [0.25, 0.3) is 0 Å². The number of anilines is 1. The molecular formula is C27H33FN4O3. The summed E-state index contributed by atoms with van der Waals surface area (Å²) < 4.78 is 19.3. The first kappa shape index (κ1) is 23.7. The summed E-state index contributed by atoms with van der Waals surface area (Å²) in [5.41, 5.74) is -0.00859. The van der Waals surface area contributed by atoms with Gasteiger partial charge in [-0.2, -0.15) is 5.10 Å². The Morgan fingerprint density at radius 3 is 2.51 bits per heavy atom. The number of carbonyl (C=O) groups excluding carboxylic acids is 1. The van der Waals surface area contributed by atoms with Gasteiger partial charge < -0.3 is 14.7 Å². The minimum Gasteiger partial charge on any atom is -0.474 e. The molecular weight excluding hydrogens is 447 g/mol. The Balaban J connectivity index is 1.10. The molecule has 35 heavy (non-hydrogen) atoms. The van der Waals surface area contributed by atoms with Crippen molar-refractivity contribution in [2.24, 2.45) is 11.0 Å². The molecule has 0 radical (unpaired) electrons. The lowest BCUT2D eigenvalue weighted by Gasteiger charge is -2.42. The van der Waals surface area contributed by atoms with Crippen LogP contribution in [-0.4, -0.2) is 57.9 Å². The summed E-state index contributed by atoms with van der Waals surface area (Å²) >= 11 is 0. The van der Waals surface area contributed by atoms with Crippen LogP contribution in [0.5, 0.6) is 5.88 Å². The number of hydrazone groups is 1. The predicted molar refractivity (Wildman–Crippen MR) is 132 cm³/mol. The molecule has 1 aromatic heterocycles. The molecule has 7 nitrogen and oxygen atoms in total. The van der Waals surface area contributed by atoms with Crippen LogP contribution >= 0.6 is 0 Å². The van der Waals surface area contributed by atoms with E-state index in [0.717, 1.165) is 37.8 Å². The number of aliphatic hydroxyl groups is 1. The maximum Gasteiger partial charge on any atom is 0.225 e. The largest absolute Gasteiger partial charge is 0.474 e. The zero-order chi connectivity index (χ0) is 24.3. The van der Waals surface area contributed by atoms with Gasteiger partial charge >= 0.3 is 0 Å².